The van der Waals surface area contributed by atoms with Gasteiger partial charge in [-0.15, -0.1) is 6.58 Å². The van der Waals surface area contributed by atoms with Gasteiger partial charge in [-0.3, -0.25) is 9.59 Å². The standard InChI is InChI=1S/C13H17NO4/c1-4-7-14(9-10(2)13(16)17-3)12(15)11-6-5-8-18-11/h4-6,8,10H,1,7,9H2,2-3H3. The smallest absolute Gasteiger partial charge is 0.310 e. The van der Waals surface area contributed by atoms with E-state index in [1.165, 1.54) is 18.3 Å². The number of nitrogens with zero attached hydrogens (tertiary/aromatic N) is 1. The van der Waals surface area contributed by atoms with Gasteiger partial charge in [0.2, 0.25) is 0 Å². The molecule has 98 valence electrons. The summed E-state index contributed by atoms with van der Waals surface area (Å²) in [5.41, 5.74) is 0. The van der Waals surface area contributed by atoms with Gasteiger partial charge in [-0.1, -0.05) is 13.0 Å². The van der Waals surface area contributed by atoms with E-state index in [4.69, 9.17) is 4.42 Å². The second-order valence-electron chi connectivity index (χ2n) is 3.90. The van der Waals surface area contributed by atoms with E-state index in [1.54, 1.807) is 25.1 Å². The number of ether oxygens (including phenoxy) is 1. The monoisotopic (exact) mass is 251 g/mol. The number of amides is 1. The Hall–Kier alpha value is -2.04. The highest BCUT2D eigenvalue weighted by Crippen LogP contribution is 2.09. The van der Waals surface area contributed by atoms with Gasteiger partial charge in [0.15, 0.2) is 5.76 Å². The summed E-state index contributed by atoms with van der Waals surface area (Å²) in [6.45, 7) is 5.91. The number of rotatable bonds is 6. The molecule has 0 saturated carbocycles. The van der Waals surface area contributed by atoms with E-state index >= 15 is 0 Å². The Kier molecular flexibility index (Phi) is 5.17. The zero-order valence-corrected chi connectivity index (χ0v) is 10.6. The normalized spacial score (nSPS) is 11.7. The molecule has 1 rings (SSSR count). The van der Waals surface area contributed by atoms with Gasteiger partial charge in [-0.2, -0.15) is 0 Å². The quantitative estimate of drug-likeness (QED) is 0.570. The first-order valence-corrected chi connectivity index (χ1v) is 5.61. The lowest BCUT2D eigenvalue weighted by atomic mass is 10.1. The molecule has 1 aromatic heterocycles. The van der Waals surface area contributed by atoms with Gasteiger partial charge in [0.25, 0.3) is 5.91 Å². The molecule has 5 heteroatoms. The maximum absolute atomic E-state index is 12.1. The van der Waals surface area contributed by atoms with Crippen LogP contribution in [0, 0.1) is 5.92 Å². The van der Waals surface area contributed by atoms with Gasteiger partial charge >= 0.3 is 5.97 Å². The molecule has 0 aliphatic heterocycles. The first-order valence-electron chi connectivity index (χ1n) is 5.61. The summed E-state index contributed by atoms with van der Waals surface area (Å²) in [6, 6.07) is 3.23. The first kappa shape index (κ1) is 14.0. The second-order valence-corrected chi connectivity index (χ2v) is 3.90. The third-order valence-corrected chi connectivity index (χ3v) is 2.47. The summed E-state index contributed by atoms with van der Waals surface area (Å²) in [4.78, 5) is 24.9. The van der Waals surface area contributed by atoms with Crippen molar-refractivity contribution < 1.29 is 18.7 Å². The van der Waals surface area contributed by atoms with Gasteiger partial charge in [-0.25, -0.2) is 0 Å². The lowest BCUT2D eigenvalue weighted by Crippen LogP contribution is -2.37. The van der Waals surface area contributed by atoms with E-state index in [1.807, 2.05) is 0 Å². The number of carbonyl (C=O) groups excluding carboxylic acids is 2. The Balaban J connectivity index is 2.73. The fourth-order valence-electron chi connectivity index (χ4n) is 1.56. The van der Waals surface area contributed by atoms with Crippen LogP contribution in [-0.2, 0) is 9.53 Å². The van der Waals surface area contributed by atoms with Crippen molar-refractivity contribution in [1.29, 1.82) is 0 Å². The molecule has 0 aliphatic carbocycles. The Morgan fingerprint density at radius 3 is 2.83 bits per heavy atom. The van der Waals surface area contributed by atoms with Crippen LogP contribution in [0.15, 0.2) is 35.5 Å². The predicted octanol–water partition coefficient (Wildman–Crippen LogP) is 1.72. The summed E-state index contributed by atoms with van der Waals surface area (Å²) < 4.78 is 9.68. The van der Waals surface area contributed by atoms with E-state index in [0.29, 0.717) is 6.54 Å². The maximum Gasteiger partial charge on any atom is 0.310 e. The first-order chi connectivity index (χ1) is 8.60. The van der Waals surface area contributed by atoms with Crippen LogP contribution in [0.25, 0.3) is 0 Å². The van der Waals surface area contributed by atoms with E-state index in [2.05, 4.69) is 11.3 Å². The topological polar surface area (TPSA) is 59.8 Å². The third kappa shape index (κ3) is 3.48. The van der Waals surface area contributed by atoms with Crippen LogP contribution in [0.5, 0.6) is 0 Å². The summed E-state index contributed by atoms with van der Waals surface area (Å²) in [5, 5.41) is 0. The molecule has 0 N–H and O–H groups in total. The number of methoxy groups -OCH3 is 1. The average Bonchev–Trinajstić information content (AvgIpc) is 2.90. The Morgan fingerprint density at radius 2 is 2.33 bits per heavy atom. The molecule has 1 heterocycles. The lowest BCUT2D eigenvalue weighted by Gasteiger charge is -2.22. The number of carbonyl (C=O) groups is 2. The van der Waals surface area contributed by atoms with Crippen molar-refractivity contribution in [2.24, 2.45) is 5.92 Å². The van der Waals surface area contributed by atoms with Crippen molar-refractivity contribution in [2.45, 2.75) is 6.92 Å². The van der Waals surface area contributed by atoms with Crippen LogP contribution >= 0.6 is 0 Å². The van der Waals surface area contributed by atoms with Crippen LogP contribution in [0.4, 0.5) is 0 Å². The molecule has 1 aromatic rings. The minimum absolute atomic E-state index is 0.244. The van der Waals surface area contributed by atoms with E-state index in [-0.39, 0.29) is 24.2 Å². The minimum Gasteiger partial charge on any atom is -0.469 e. The minimum atomic E-state index is -0.395. The second kappa shape index (κ2) is 6.64. The van der Waals surface area contributed by atoms with Crippen LogP contribution in [-0.4, -0.2) is 37.0 Å². The number of hydrogen-bond acceptors (Lipinski definition) is 4. The molecule has 0 bridgehead atoms. The van der Waals surface area contributed by atoms with E-state index in [9.17, 15) is 9.59 Å². The van der Waals surface area contributed by atoms with Gasteiger partial charge in [-0.05, 0) is 12.1 Å². The number of esters is 1. The van der Waals surface area contributed by atoms with Crippen LogP contribution in [0.2, 0.25) is 0 Å². The van der Waals surface area contributed by atoms with Crippen LogP contribution in [0.1, 0.15) is 17.5 Å². The summed E-state index contributed by atoms with van der Waals surface area (Å²) in [6.07, 6.45) is 3.04. The zero-order valence-electron chi connectivity index (χ0n) is 10.6. The average molecular weight is 251 g/mol. The van der Waals surface area contributed by atoms with Gasteiger partial charge in [0, 0.05) is 13.1 Å². The Labute approximate surface area is 106 Å². The van der Waals surface area contributed by atoms with Crippen molar-refractivity contribution in [3.8, 4) is 0 Å². The molecule has 0 aliphatic rings. The maximum atomic E-state index is 12.1. The van der Waals surface area contributed by atoms with Crippen LogP contribution in [0.3, 0.4) is 0 Å². The molecular weight excluding hydrogens is 234 g/mol. The molecule has 0 spiro atoms. The van der Waals surface area contributed by atoms with Gasteiger partial charge in [0.05, 0.1) is 19.3 Å². The van der Waals surface area contributed by atoms with Crippen LogP contribution < -0.4 is 0 Å². The Bertz CT molecular complexity index is 411. The lowest BCUT2D eigenvalue weighted by molar-refractivity contribution is -0.145. The molecule has 0 fully saturated rings. The highest BCUT2D eigenvalue weighted by atomic mass is 16.5. The van der Waals surface area contributed by atoms with Crippen molar-refractivity contribution in [3.63, 3.8) is 0 Å². The number of hydrogen-bond donors (Lipinski definition) is 0. The molecule has 5 nitrogen and oxygen atoms in total. The summed E-state index contributed by atoms with van der Waals surface area (Å²) in [7, 11) is 1.32. The molecule has 0 saturated heterocycles. The molecule has 0 radical (unpaired) electrons. The van der Waals surface area contributed by atoms with Gasteiger partial charge in [0.1, 0.15) is 0 Å². The fourth-order valence-corrected chi connectivity index (χ4v) is 1.56. The van der Waals surface area contributed by atoms with Gasteiger partial charge < -0.3 is 14.1 Å². The molecular formula is C13H17NO4. The zero-order chi connectivity index (χ0) is 13.5. The fraction of sp³-hybridized carbons (Fsp3) is 0.385. The highest BCUT2D eigenvalue weighted by Gasteiger charge is 2.22. The number of furan rings is 1. The van der Waals surface area contributed by atoms with Crippen molar-refractivity contribution >= 4 is 11.9 Å². The predicted molar refractivity (Wildman–Crippen MR) is 66.0 cm³/mol. The molecule has 1 amide bonds. The molecule has 1 unspecified atom stereocenters. The molecule has 18 heavy (non-hydrogen) atoms. The van der Waals surface area contributed by atoms with Crippen molar-refractivity contribution in [1.82, 2.24) is 4.90 Å². The van der Waals surface area contributed by atoms with E-state index < -0.39 is 5.92 Å². The molecule has 1 atom stereocenters. The van der Waals surface area contributed by atoms with E-state index in [0.717, 1.165) is 0 Å². The SMILES string of the molecule is C=CCN(CC(C)C(=O)OC)C(=O)c1ccco1. The van der Waals surface area contributed by atoms with Crippen molar-refractivity contribution in [3.05, 3.63) is 36.8 Å². The van der Waals surface area contributed by atoms with Crippen molar-refractivity contribution in [2.75, 3.05) is 20.2 Å². The third-order valence-electron chi connectivity index (χ3n) is 2.47. The highest BCUT2D eigenvalue weighted by molar-refractivity contribution is 5.91. The Morgan fingerprint density at radius 1 is 1.61 bits per heavy atom. The summed E-state index contributed by atoms with van der Waals surface area (Å²) >= 11 is 0. The summed E-state index contributed by atoms with van der Waals surface area (Å²) in [5.74, 6) is -0.769. The largest absolute Gasteiger partial charge is 0.469 e. The molecule has 0 aromatic carbocycles.